The number of benzene rings is 1. The maximum Gasteiger partial charge on any atom is 0.257 e. The third kappa shape index (κ3) is 4.27. The maximum atomic E-state index is 13.9. The van der Waals surface area contributed by atoms with Gasteiger partial charge in [0.2, 0.25) is 0 Å². The van der Waals surface area contributed by atoms with Crippen LogP contribution in [0.4, 0.5) is 4.39 Å². The molecule has 1 aliphatic carbocycles. The average Bonchev–Trinajstić information content (AvgIpc) is 3.31. The zero-order chi connectivity index (χ0) is 22.3. The molecule has 2 N–H and O–H groups in total. The largest absolute Gasteiger partial charge is 0.487 e. The zero-order valence-electron chi connectivity index (χ0n) is 17.4. The zero-order valence-corrected chi connectivity index (χ0v) is 18.1. The van der Waals surface area contributed by atoms with Crippen LogP contribution in [0.3, 0.4) is 0 Å². The van der Waals surface area contributed by atoms with E-state index < -0.39 is 23.9 Å². The molecule has 3 atom stereocenters. The van der Waals surface area contributed by atoms with E-state index in [9.17, 15) is 14.3 Å². The van der Waals surface area contributed by atoms with Gasteiger partial charge in [-0.05, 0) is 45.2 Å². The van der Waals surface area contributed by atoms with Crippen molar-refractivity contribution < 1.29 is 19.0 Å². The van der Waals surface area contributed by atoms with Gasteiger partial charge in [-0.25, -0.2) is 14.4 Å². The number of nitrogens with zero attached hydrogens (tertiary/aromatic N) is 3. The van der Waals surface area contributed by atoms with E-state index in [0.717, 1.165) is 6.42 Å². The topological polar surface area (TPSA) is 99.4 Å². The van der Waals surface area contributed by atoms with Gasteiger partial charge in [-0.2, -0.15) is 0 Å². The fourth-order valence-corrected chi connectivity index (χ4v) is 4.22. The van der Waals surface area contributed by atoms with Crippen molar-refractivity contribution in [3.8, 4) is 5.75 Å². The number of aliphatic hydroxyl groups excluding tert-OH is 1. The van der Waals surface area contributed by atoms with Gasteiger partial charge in [-0.3, -0.25) is 4.79 Å². The summed E-state index contributed by atoms with van der Waals surface area (Å²) in [5.41, 5.74) is 1.79. The summed E-state index contributed by atoms with van der Waals surface area (Å²) in [7, 11) is 0. The summed E-state index contributed by atoms with van der Waals surface area (Å²) < 4.78 is 19.7. The fraction of sp³-hybridized carbons (Fsp3) is 0.455. The molecular formula is C22H24ClFN4O3. The molecule has 1 aliphatic heterocycles. The molecule has 1 aromatic heterocycles. The Morgan fingerprint density at radius 3 is 2.65 bits per heavy atom. The summed E-state index contributed by atoms with van der Waals surface area (Å²) >= 11 is 6.16. The Morgan fingerprint density at radius 1 is 1.29 bits per heavy atom. The average molecular weight is 447 g/mol. The molecule has 164 valence electrons. The molecule has 1 saturated heterocycles. The number of carbonyl (C=O) groups is 1. The molecule has 9 heteroatoms. The van der Waals surface area contributed by atoms with Crippen LogP contribution in [-0.4, -0.2) is 56.9 Å². The molecule has 3 unspecified atom stereocenters. The van der Waals surface area contributed by atoms with Crippen molar-refractivity contribution in [1.82, 2.24) is 14.9 Å². The third-order valence-corrected chi connectivity index (χ3v) is 6.40. The van der Waals surface area contributed by atoms with E-state index in [-0.39, 0.29) is 30.3 Å². The molecule has 0 spiro atoms. The molecule has 7 nitrogen and oxygen atoms in total. The molecule has 1 aromatic carbocycles. The molecule has 1 saturated carbocycles. The van der Waals surface area contributed by atoms with Crippen LogP contribution in [0.25, 0.3) is 0 Å². The number of aliphatic hydroxyl groups is 1. The van der Waals surface area contributed by atoms with Crippen molar-refractivity contribution in [1.29, 1.82) is 5.41 Å². The fourth-order valence-electron chi connectivity index (χ4n) is 4.14. The highest BCUT2D eigenvalue weighted by atomic mass is 35.5. The first-order valence-electron chi connectivity index (χ1n) is 10.3. The number of aromatic nitrogens is 2. The normalized spacial score (nSPS) is 23.5. The molecule has 2 aromatic rings. The number of amides is 1. The van der Waals surface area contributed by atoms with E-state index in [4.69, 9.17) is 21.7 Å². The molecule has 31 heavy (non-hydrogen) atoms. The Balaban J connectivity index is 1.57. The lowest BCUT2D eigenvalue weighted by molar-refractivity contribution is 0.0577. The smallest absolute Gasteiger partial charge is 0.257 e. The van der Waals surface area contributed by atoms with Crippen molar-refractivity contribution in [2.45, 2.75) is 51.2 Å². The lowest BCUT2D eigenvalue weighted by Crippen LogP contribution is -2.31. The minimum Gasteiger partial charge on any atom is -0.487 e. The Hall–Kier alpha value is -2.58. The van der Waals surface area contributed by atoms with Crippen LogP contribution in [-0.2, 0) is 0 Å². The van der Waals surface area contributed by atoms with E-state index in [2.05, 4.69) is 9.97 Å². The molecule has 1 amide bonds. The third-order valence-electron chi connectivity index (χ3n) is 5.85. The predicted octanol–water partition coefficient (Wildman–Crippen LogP) is 3.44. The lowest BCUT2D eigenvalue weighted by atomic mass is 10.1. The second kappa shape index (κ2) is 8.51. The molecule has 4 rings (SSSR count). The quantitative estimate of drug-likeness (QED) is 0.749. The van der Waals surface area contributed by atoms with Crippen LogP contribution < -0.4 is 4.74 Å². The van der Waals surface area contributed by atoms with Gasteiger partial charge in [0.05, 0.1) is 40.5 Å². The minimum absolute atomic E-state index is 0.111. The Bertz CT molecular complexity index is 1020. The summed E-state index contributed by atoms with van der Waals surface area (Å²) in [5, 5.41) is 18.9. The number of carbonyl (C=O) groups excluding carboxylic acids is 1. The Kier molecular flexibility index (Phi) is 5.94. The minimum atomic E-state index is -0.635. The van der Waals surface area contributed by atoms with Gasteiger partial charge >= 0.3 is 0 Å². The number of likely N-dealkylation sites (tertiary alicyclic amines) is 1. The van der Waals surface area contributed by atoms with Crippen LogP contribution >= 0.6 is 11.6 Å². The Morgan fingerprint density at radius 2 is 2.00 bits per heavy atom. The first kappa shape index (κ1) is 21.6. The Labute approximate surface area is 184 Å². The van der Waals surface area contributed by atoms with E-state index in [0.29, 0.717) is 40.8 Å². The number of aryl methyl sites for hydroxylation is 2. The van der Waals surface area contributed by atoms with E-state index in [1.807, 2.05) is 0 Å². The second-order valence-corrected chi connectivity index (χ2v) is 8.50. The lowest BCUT2D eigenvalue weighted by Gasteiger charge is -2.22. The van der Waals surface area contributed by atoms with E-state index >= 15 is 0 Å². The molecular weight excluding hydrogens is 423 g/mol. The number of nitrogens with one attached hydrogen (secondary N) is 1. The van der Waals surface area contributed by atoms with Crippen LogP contribution in [0.1, 0.15) is 52.8 Å². The van der Waals surface area contributed by atoms with Crippen molar-refractivity contribution in [3.63, 3.8) is 0 Å². The van der Waals surface area contributed by atoms with Gasteiger partial charge in [-0.1, -0.05) is 11.6 Å². The number of ether oxygens (including phenoxy) is 1. The highest BCUT2D eigenvalue weighted by molar-refractivity contribution is 6.31. The van der Waals surface area contributed by atoms with E-state index in [1.165, 1.54) is 23.1 Å². The van der Waals surface area contributed by atoms with Gasteiger partial charge in [0.1, 0.15) is 23.5 Å². The number of halogens is 2. The van der Waals surface area contributed by atoms with Crippen LogP contribution in [0.2, 0.25) is 5.02 Å². The molecule has 2 aliphatic rings. The molecule has 2 fully saturated rings. The van der Waals surface area contributed by atoms with Crippen LogP contribution in [0.5, 0.6) is 5.75 Å². The number of hydrogen-bond donors (Lipinski definition) is 2. The van der Waals surface area contributed by atoms with Gasteiger partial charge < -0.3 is 20.2 Å². The van der Waals surface area contributed by atoms with Gasteiger partial charge in [0.25, 0.3) is 5.91 Å². The van der Waals surface area contributed by atoms with Crippen molar-refractivity contribution in [2.24, 2.45) is 0 Å². The summed E-state index contributed by atoms with van der Waals surface area (Å²) in [5.74, 6) is -0.742. The van der Waals surface area contributed by atoms with Crippen molar-refractivity contribution in [2.75, 3.05) is 13.1 Å². The van der Waals surface area contributed by atoms with Gasteiger partial charge in [-0.15, -0.1) is 0 Å². The highest BCUT2D eigenvalue weighted by Crippen LogP contribution is 2.31. The van der Waals surface area contributed by atoms with Crippen molar-refractivity contribution >= 4 is 23.2 Å². The standard InChI is InChI=1S/C22H24ClFN4O3/c1-11-20(23)12(2)27-21(26-11)15-9-28(10-16(15)25)22(30)14-7-6-13(24)8-19(14)31-18-5-3-4-17(18)29/h6-8,15,17-18,25,29H,3-5,9-10H2,1-2H3. The number of rotatable bonds is 4. The summed E-state index contributed by atoms with van der Waals surface area (Å²) in [4.78, 5) is 23.6. The first-order chi connectivity index (χ1) is 14.7. The second-order valence-electron chi connectivity index (χ2n) is 8.13. The highest BCUT2D eigenvalue weighted by Gasteiger charge is 2.36. The molecule has 2 heterocycles. The summed E-state index contributed by atoms with van der Waals surface area (Å²) in [6.45, 7) is 3.92. The maximum absolute atomic E-state index is 13.9. The van der Waals surface area contributed by atoms with Crippen LogP contribution in [0, 0.1) is 25.1 Å². The predicted molar refractivity (Wildman–Crippen MR) is 114 cm³/mol. The number of hydrogen-bond acceptors (Lipinski definition) is 6. The van der Waals surface area contributed by atoms with Crippen LogP contribution in [0.15, 0.2) is 18.2 Å². The molecule has 0 radical (unpaired) electrons. The monoisotopic (exact) mass is 446 g/mol. The van der Waals surface area contributed by atoms with E-state index in [1.54, 1.807) is 13.8 Å². The SMILES string of the molecule is Cc1nc(C2CN(C(=O)c3ccc(F)cc3OC3CCCC3O)CC2=N)nc(C)c1Cl. The summed E-state index contributed by atoms with van der Waals surface area (Å²) in [6.07, 6.45) is 0.980. The van der Waals surface area contributed by atoms with Crippen molar-refractivity contribution in [3.05, 3.63) is 51.8 Å². The summed E-state index contributed by atoms with van der Waals surface area (Å²) in [6, 6.07) is 3.77. The van der Waals surface area contributed by atoms with Gasteiger partial charge in [0.15, 0.2) is 0 Å². The first-order valence-corrected chi connectivity index (χ1v) is 10.6. The van der Waals surface area contributed by atoms with Gasteiger partial charge in [0, 0.05) is 18.3 Å². The molecule has 0 bridgehead atoms.